The van der Waals surface area contributed by atoms with Gasteiger partial charge in [-0.25, -0.2) is 0 Å². The third-order valence-corrected chi connectivity index (χ3v) is 3.29. The van der Waals surface area contributed by atoms with Gasteiger partial charge in [-0.15, -0.1) is 0 Å². The van der Waals surface area contributed by atoms with E-state index >= 15 is 0 Å². The molecule has 1 N–H and O–H groups in total. The minimum atomic E-state index is -0.763. The van der Waals surface area contributed by atoms with Crippen molar-refractivity contribution < 1.29 is 9.21 Å². The predicted molar refractivity (Wildman–Crippen MR) is 62.0 cm³/mol. The lowest BCUT2D eigenvalue weighted by Gasteiger charge is -2.15. The molecule has 1 aromatic heterocycles. The number of carbonyl (C=O) groups excluding carboxylic acids is 1. The van der Waals surface area contributed by atoms with Crippen molar-refractivity contribution in [3.63, 3.8) is 0 Å². The first-order valence-electron chi connectivity index (χ1n) is 5.78. The van der Waals surface area contributed by atoms with Crippen molar-refractivity contribution >= 4 is 5.91 Å². The van der Waals surface area contributed by atoms with E-state index in [1.165, 1.54) is 0 Å². The van der Waals surface area contributed by atoms with Crippen LogP contribution in [0.2, 0.25) is 0 Å². The highest BCUT2D eigenvalue weighted by atomic mass is 16.3. The molecule has 0 bridgehead atoms. The Morgan fingerprint density at radius 3 is 2.65 bits per heavy atom. The molecule has 1 aromatic rings. The van der Waals surface area contributed by atoms with Gasteiger partial charge in [-0.1, -0.05) is 0 Å². The van der Waals surface area contributed by atoms with E-state index in [1.807, 2.05) is 26.8 Å². The summed E-state index contributed by atoms with van der Waals surface area (Å²) in [5.41, 5.74) is 0.214. The zero-order chi connectivity index (χ0) is 12.6. The van der Waals surface area contributed by atoms with Gasteiger partial charge in [0.05, 0.1) is 12.1 Å². The van der Waals surface area contributed by atoms with Gasteiger partial charge in [0.25, 0.3) is 0 Å². The quantitative estimate of drug-likeness (QED) is 0.870. The Hall–Kier alpha value is -1.76. The number of hydrogen-bond donors (Lipinski definition) is 1. The molecule has 4 nitrogen and oxygen atoms in total. The van der Waals surface area contributed by atoms with E-state index in [0.717, 1.165) is 17.1 Å². The number of carbonyl (C=O) groups is 1. The molecule has 0 radical (unpaired) electrons. The smallest absolute Gasteiger partial charge is 0.240 e. The van der Waals surface area contributed by atoms with E-state index in [0.29, 0.717) is 12.8 Å². The fraction of sp³-hybridized carbons (Fsp3) is 0.538. The summed E-state index contributed by atoms with van der Waals surface area (Å²) in [6, 6.07) is 3.90. The Labute approximate surface area is 101 Å². The fourth-order valence-electron chi connectivity index (χ4n) is 2.01. The van der Waals surface area contributed by atoms with Crippen LogP contribution in [-0.4, -0.2) is 5.91 Å². The Bertz CT molecular complexity index is 492. The summed E-state index contributed by atoms with van der Waals surface area (Å²) in [6.45, 7) is 5.66. The Balaban J connectivity index is 2.08. The van der Waals surface area contributed by atoms with E-state index in [1.54, 1.807) is 0 Å². The zero-order valence-corrected chi connectivity index (χ0v) is 10.3. The Morgan fingerprint density at radius 1 is 1.59 bits per heavy atom. The molecular weight excluding hydrogens is 216 g/mol. The van der Waals surface area contributed by atoms with Crippen LogP contribution in [0, 0.1) is 30.6 Å². The molecule has 1 atom stereocenters. The predicted octanol–water partition coefficient (Wildman–Crippen LogP) is 2.38. The van der Waals surface area contributed by atoms with Gasteiger partial charge >= 0.3 is 0 Å². The average molecular weight is 232 g/mol. The zero-order valence-electron chi connectivity index (χ0n) is 10.3. The molecule has 1 saturated carbocycles. The SMILES string of the molecule is Cc1cc(C(C)NC(=O)C2(C#N)CC2)c(C)o1. The number of aryl methyl sites for hydroxylation is 2. The number of nitrogens with zero attached hydrogens (tertiary/aromatic N) is 1. The van der Waals surface area contributed by atoms with Crippen LogP contribution in [0.5, 0.6) is 0 Å². The lowest BCUT2D eigenvalue weighted by molar-refractivity contribution is -0.125. The molecule has 1 amide bonds. The highest BCUT2D eigenvalue weighted by Gasteiger charge is 2.50. The maximum atomic E-state index is 11.9. The molecule has 1 heterocycles. The van der Waals surface area contributed by atoms with E-state index in [2.05, 4.69) is 11.4 Å². The molecule has 1 aliphatic rings. The van der Waals surface area contributed by atoms with Gasteiger partial charge in [0, 0.05) is 5.56 Å². The van der Waals surface area contributed by atoms with Crippen LogP contribution in [0.25, 0.3) is 0 Å². The van der Waals surface area contributed by atoms with Gasteiger partial charge in [-0.05, 0) is 39.7 Å². The second kappa shape index (κ2) is 3.92. The van der Waals surface area contributed by atoms with Crippen molar-refractivity contribution in [2.75, 3.05) is 0 Å². The third-order valence-electron chi connectivity index (χ3n) is 3.29. The van der Waals surface area contributed by atoms with E-state index in [9.17, 15) is 4.79 Å². The molecule has 90 valence electrons. The fourth-order valence-corrected chi connectivity index (χ4v) is 2.01. The Kier molecular flexibility index (Phi) is 2.70. The summed E-state index contributed by atoms with van der Waals surface area (Å²) in [6.07, 6.45) is 1.34. The number of furan rings is 1. The molecule has 1 unspecified atom stereocenters. The summed E-state index contributed by atoms with van der Waals surface area (Å²) < 4.78 is 5.43. The van der Waals surface area contributed by atoms with Crippen molar-refractivity contribution in [2.45, 2.75) is 39.7 Å². The molecule has 1 aliphatic carbocycles. The lowest BCUT2D eigenvalue weighted by atomic mass is 10.1. The van der Waals surface area contributed by atoms with Crippen molar-refractivity contribution in [1.82, 2.24) is 5.32 Å². The maximum Gasteiger partial charge on any atom is 0.240 e. The lowest BCUT2D eigenvalue weighted by Crippen LogP contribution is -2.33. The standard InChI is InChI=1S/C13H16N2O2/c1-8-6-11(10(3)17-8)9(2)15-12(16)13(7-14)4-5-13/h6,9H,4-5H2,1-3H3,(H,15,16). The molecule has 0 aliphatic heterocycles. The summed E-state index contributed by atoms with van der Waals surface area (Å²) in [7, 11) is 0. The first-order chi connectivity index (χ1) is 7.98. The normalized spacial score (nSPS) is 18.2. The molecule has 2 rings (SSSR count). The minimum absolute atomic E-state index is 0.120. The molecule has 17 heavy (non-hydrogen) atoms. The average Bonchev–Trinajstić information content (AvgIpc) is 2.99. The summed E-state index contributed by atoms with van der Waals surface area (Å²) in [5.74, 6) is 1.49. The number of hydrogen-bond acceptors (Lipinski definition) is 3. The van der Waals surface area contributed by atoms with E-state index < -0.39 is 5.41 Å². The van der Waals surface area contributed by atoms with E-state index in [-0.39, 0.29) is 11.9 Å². The van der Waals surface area contributed by atoms with Crippen LogP contribution in [0.4, 0.5) is 0 Å². The second-order valence-corrected chi connectivity index (χ2v) is 4.76. The highest BCUT2D eigenvalue weighted by Crippen LogP contribution is 2.45. The Morgan fingerprint density at radius 2 is 2.24 bits per heavy atom. The first kappa shape index (κ1) is 11.7. The van der Waals surface area contributed by atoms with Gasteiger partial charge in [0.1, 0.15) is 16.9 Å². The van der Waals surface area contributed by atoms with Crippen LogP contribution < -0.4 is 5.32 Å². The summed E-state index contributed by atoms with van der Waals surface area (Å²) in [5, 5.41) is 11.8. The molecule has 0 saturated heterocycles. The molecule has 0 spiro atoms. The van der Waals surface area contributed by atoms with Crippen LogP contribution in [0.15, 0.2) is 10.5 Å². The van der Waals surface area contributed by atoms with Crippen LogP contribution in [0.1, 0.15) is 42.9 Å². The van der Waals surface area contributed by atoms with Crippen LogP contribution >= 0.6 is 0 Å². The highest BCUT2D eigenvalue weighted by molar-refractivity contribution is 5.88. The van der Waals surface area contributed by atoms with Gasteiger partial charge in [-0.2, -0.15) is 5.26 Å². The van der Waals surface area contributed by atoms with Crippen molar-refractivity contribution in [1.29, 1.82) is 5.26 Å². The second-order valence-electron chi connectivity index (χ2n) is 4.76. The van der Waals surface area contributed by atoms with Gasteiger partial charge < -0.3 is 9.73 Å². The molecule has 1 fully saturated rings. The third kappa shape index (κ3) is 2.05. The van der Waals surface area contributed by atoms with Crippen LogP contribution in [-0.2, 0) is 4.79 Å². The number of nitriles is 1. The van der Waals surface area contributed by atoms with Crippen molar-refractivity contribution in [2.24, 2.45) is 5.41 Å². The van der Waals surface area contributed by atoms with Gasteiger partial charge in [-0.3, -0.25) is 4.79 Å². The number of amides is 1. The summed E-state index contributed by atoms with van der Waals surface area (Å²) >= 11 is 0. The topological polar surface area (TPSA) is 66.0 Å². The van der Waals surface area contributed by atoms with Gasteiger partial charge in [0.15, 0.2) is 0 Å². The van der Waals surface area contributed by atoms with E-state index in [4.69, 9.17) is 9.68 Å². The summed E-state index contributed by atoms with van der Waals surface area (Å²) in [4.78, 5) is 11.9. The van der Waals surface area contributed by atoms with Crippen molar-refractivity contribution in [3.8, 4) is 6.07 Å². The monoisotopic (exact) mass is 232 g/mol. The number of rotatable bonds is 3. The molecular formula is C13H16N2O2. The van der Waals surface area contributed by atoms with Crippen molar-refractivity contribution in [3.05, 3.63) is 23.2 Å². The maximum absolute atomic E-state index is 11.9. The largest absolute Gasteiger partial charge is 0.466 e. The molecule has 0 aromatic carbocycles. The molecule has 4 heteroatoms. The first-order valence-corrected chi connectivity index (χ1v) is 5.78. The van der Waals surface area contributed by atoms with Gasteiger partial charge in [0.2, 0.25) is 5.91 Å². The number of nitrogens with one attached hydrogen (secondary N) is 1. The van der Waals surface area contributed by atoms with Crippen LogP contribution in [0.3, 0.4) is 0 Å². The minimum Gasteiger partial charge on any atom is -0.466 e.